The highest BCUT2D eigenvalue weighted by Gasteiger charge is 2.27. The van der Waals surface area contributed by atoms with Crippen LogP contribution in [0.25, 0.3) is 0 Å². The summed E-state index contributed by atoms with van der Waals surface area (Å²) in [6.45, 7) is 9.38. The van der Waals surface area contributed by atoms with Crippen molar-refractivity contribution in [3.63, 3.8) is 0 Å². The zero-order chi connectivity index (χ0) is 23.8. The number of nitrogens with zero attached hydrogens (tertiary/aromatic N) is 9. The quantitative estimate of drug-likeness (QED) is 0.608. The molecular formula is C23H31FN10. The Morgan fingerprint density at radius 2 is 1.74 bits per heavy atom. The SMILES string of the molecule is CC(C)c1c2c(nn1C)CCN(c1nc(Nc3cnc(N4CCN(C)CC4)cn3)ncc1F)C2. The zero-order valence-electron chi connectivity index (χ0n) is 20.2. The molecule has 11 heteroatoms. The first-order valence-corrected chi connectivity index (χ1v) is 11.7. The third-order valence-electron chi connectivity index (χ3n) is 6.52. The molecule has 0 atom stereocenters. The van der Waals surface area contributed by atoms with Crippen LogP contribution in [0.5, 0.6) is 0 Å². The van der Waals surface area contributed by atoms with Crippen molar-refractivity contribution in [1.82, 2.24) is 34.6 Å². The highest BCUT2D eigenvalue weighted by molar-refractivity contribution is 5.53. The van der Waals surface area contributed by atoms with Gasteiger partial charge >= 0.3 is 0 Å². The number of rotatable bonds is 5. The van der Waals surface area contributed by atoms with Gasteiger partial charge in [-0.15, -0.1) is 0 Å². The second-order valence-corrected chi connectivity index (χ2v) is 9.30. The van der Waals surface area contributed by atoms with Gasteiger partial charge in [0.05, 0.1) is 24.3 Å². The third kappa shape index (κ3) is 4.39. The minimum atomic E-state index is -0.444. The molecule has 1 fully saturated rings. The number of aromatic nitrogens is 6. The van der Waals surface area contributed by atoms with Crippen molar-refractivity contribution >= 4 is 23.4 Å². The van der Waals surface area contributed by atoms with Crippen molar-refractivity contribution in [2.75, 3.05) is 54.9 Å². The highest BCUT2D eigenvalue weighted by atomic mass is 19.1. The van der Waals surface area contributed by atoms with E-state index >= 15 is 0 Å². The first-order valence-electron chi connectivity index (χ1n) is 11.7. The Hall–Kier alpha value is -3.34. The van der Waals surface area contributed by atoms with Crippen LogP contribution in [-0.4, -0.2) is 74.4 Å². The van der Waals surface area contributed by atoms with Crippen LogP contribution >= 0.6 is 0 Å². The van der Waals surface area contributed by atoms with Gasteiger partial charge in [-0.25, -0.2) is 19.3 Å². The number of piperazine rings is 1. The molecule has 0 aliphatic carbocycles. The maximum absolute atomic E-state index is 14.8. The summed E-state index contributed by atoms with van der Waals surface area (Å²) < 4.78 is 16.7. The van der Waals surface area contributed by atoms with Crippen molar-refractivity contribution in [1.29, 1.82) is 0 Å². The number of hydrogen-bond donors (Lipinski definition) is 1. The Labute approximate surface area is 198 Å². The molecule has 0 bridgehead atoms. The molecule has 3 aromatic rings. The smallest absolute Gasteiger partial charge is 0.230 e. The molecule has 10 nitrogen and oxygen atoms in total. The first kappa shape index (κ1) is 22.5. The number of nitrogens with one attached hydrogen (secondary N) is 1. The van der Waals surface area contributed by atoms with Crippen molar-refractivity contribution in [3.8, 4) is 0 Å². The van der Waals surface area contributed by atoms with Crippen LogP contribution in [-0.2, 0) is 20.0 Å². The highest BCUT2D eigenvalue weighted by Crippen LogP contribution is 2.30. The normalized spacial score (nSPS) is 16.8. The molecule has 0 amide bonds. The van der Waals surface area contributed by atoms with Gasteiger partial charge in [-0.1, -0.05) is 13.8 Å². The first-order chi connectivity index (χ1) is 16.4. The van der Waals surface area contributed by atoms with Gasteiger partial charge in [-0.3, -0.25) is 4.68 Å². The minimum Gasteiger partial charge on any atom is -0.353 e. The van der Waals surface area contributed by atoms with Gasteiger partial charge in [0.2, 0.25) is 5.95 Å². The molecular weight excluding hydrogens is 435 g/mol. The van der Waals surface area contributed by atoms with E-state index in [-0.39, 0.29) is 5.82 Å². The predicted octanol–water partition coefficient (Wildman–Crippen LogP) is 2.32. The second-order valence-electron chi connectivity index (χ2n) is 9.30. The maximum atomic E-state index is 14.8. The van der Waals surface area contributed by atoms with E-state index in [9.17, 15) is 4.39 Å². The zero-order valence-corrected chi connectivity index (χ0v) is 20.2. The van der Waals surface area contributed by atoms with E-state index in [1.165, 1.54) is 17.5 Å². The number of likely N-dealkylation sites (N-methyl/N-ethyl adjacent to an activating group) is 1. The van der Waals surface area contributed by atoms with Crippen LogP contribution in [0.2, 0.25) is 0 Å². The number of fused-ring (bicyclic) bond motifs is 1. The van der Waals surface area contributed by atoms with E-state index < -0.39 is 5.82 Å². The lowest BCUT2D eigenvalue weighted by Crippen LogP contribution is -2.44. The molecule has 0 spiro atoms. The molecule has 5 heterocycles. The average Bonchev–Trinajstić information content (AvgIpc) is 3.16. The van der Waals surface area contributed by atoms with Crippen LogP contribution in [0, 0.1) is 5.82 Å². The minimum absolute atomic E-state index is 0.281. The van der Waals surface area contributed by atoms with Gasteiger partial charge < -0.3 is 20.0 Å². The van der Waals surface area contributed by atoms with Gasteiger partial charge in [0.15, 0.2) is 17.5 Å². The van der Waals surface area contributed by atoms with Crippen molar-refractivity contribution in [2.45, 2.75) is 32.7 Å². The Balaban J connectivity index is 1.32. The van der Waals surface area contributed by atoms with Crippen molar-refractivity contribution in [3.05, 3.63) is 41.4 Å². The molecule has 1 saturated heterocycles. The molecule has 2 aliphatic rings. The lowest BCUT2D eigenvalue weighted by molar-refractivity contribution is 0.312. The van der Waals surface area contributed by atoms with Gasteiger partial charge in [0.1, 0.15) is 5.82 Å². The van der Waals surface area contributed by atoms with Gasteiger partial charge in [-0.2, -0.15) is 10.1 Å². The fourth-order valence-electron chi connectivity index (χ4n) is 4.76. The Kier molecular flexibility index (Phi) is 6.03. The fourth-order valence-corrected chi connectivity index (χ4v) is 4.76. The largest absolute Gasteiger partial charge is 0.353 e. The summed E-state index contributed by atoms with van der Waals surface area (Å²) in [6, 6.07) is 0. The second kappa shape index (κ2) is 9.13. The summed E-state index contributed by atoms with van der Waals surface area (Å²) in [7, 11) is 4.09. The molecule has 2 aliphatic heterocycles. The lowest BCUT2D eigenvalue weighted by Gasteiger charge is -2.32. The molecule has 34 heavy (non-hydrogen) atoms. The molecule has 180 valence electrons. The topological polar surface area (TPSA) is 91.1 Å². The van der Waals surface area contributed by atoms with Gasteiger partial charge in [-0.05, 0) is 13.0 Å². The summed E-state index contributed by atoms with van der Waals surface area (Å²) in [5.41, 5.74) is 3.44. The molecule has 0 aromatic carbocycles. The van der Waals surface area contributed by atoms with E-state index in [2.05, 4.69) is 61.0 Å². The van der Waals surface area contributed by atoms with Crippen LogP contribution in [0.15, 0.2) is 18.6 Å². The number of anilines is 4. The fraction of sp³-hybridized carbons (Fsp3) is 0.522. The lowest BCUT2D eigenvalue weighted by atomic mass is 9.99. The molecule has 0 saturated carbocycles. The number of aryl methyl sites for hydroxylation is 1. The predicted molar refractivity (Wildman–Crippen MR) is 129 cm³/mol. The molecule has 1 N–H and O–H groups in total. The maximum Gasteiger partial charge on any atom is 0.230 e. The third-order valence-corrected chi connectivity index (χ3v) is 6.52. The van der Waals surface area contributed by atoms with Crippen LogP contribution in [0.4, 0.5) is 27.8 Å². The van der Waals surface area contributed by atoms with E-state index in [1.807, 2.05) is 16.6 Å². The summed E-state index contributed by atoms with van der Waals surface area (Å²) in [5.74, 6) is 1.83. The van der Waals surface area contributed by atoms with Crippen molar-refractivity contribution in [2.24, 2.45) is 7.05 Å². The summed E-state index contributed by atoms with van der Waals surface area (Å²) in [5, 5.41) is 7.74. The number of hydrogen-bond acceptors (Lipinski definition) is 9. The van der Waals surface area contributed by atoms with Crippen LogP contribution in [0.3, 0.4) is 0 Å². The summed E-state index contributed by atoms with van der Waals surface area (Å²) in [6.07, 6.45) is 5.37. The van der Waals surface area contributed by atoms with Crippen molar-refractivity contribution < 1.29 is 4.39 Å². The summed E-state index contributed by atoms with van der Waals surface area (Å²) >= 11 is 0. The monoisotopic (exact) mass is 466 g/mol. The van der Waals surface area contributed by atoms with E-state index in [0.717, 1.165) is 44.1 Å². The van der Waals surface area contributed by atoms with E-state index in [0.29, 0.717) is 30.8 Å². The molecule has 0 radical (unpaired) electrons. The Bertz CT molecular complexity index is 1150. The standard InChI is InChI=1S/C23H31FN10/c1-15(2)21-16-14-34(6-5-18(16)30-32(21)4)22-17(24)11-27-23(29-22)28-19-12-26-20(13-25-19)33-9-7-31(3)8-10-33/h11-13,15H,5-10,14H2,1-4H3,(H,25,27,28,29). The molecule has 0 unspecified atom stereocenters. The van der Waals surface area contributed by atoms with Gasteiger partial charge in [0.25, 0.3) is 0 Å². The van der Waals surface area contributed by atoms with Gasteiger partial charge in [0, 0.05) is 64.0 Å². The molecule has 3 aromatic heterocycles. The van der Waals surface area contributed by atoms with Crippen LogP contribution < -0.4 is 15.1 Å². The van der Waals surface area contributed by atoms with E-state index in [1.54, 1.807) is 12.4 Å². The Morgan fingerprint density at radius 1 is 0.941 bits per heavy atom. The number of halogens is 1. The van der Waals surface area contributed by atoms with Crippen LogP contribution in [0.1, 0.15) is 36.7 Å². The van der Waals surface area contributed by atoms with E-state index in [4.69, 9.17) is 0 Å². The Morgan fingerprint density at radius 3 is 2.44 bits per heavy atom. The average molecular weight is 467 g/mol. The summed E-state index contributed by atoms with van der Waals surface area (Å²) in [4.78, 5) is 24.1. The molecule has 5 rings (SSSR count).